The SMILES string of the molecule is COc1cccc(COc2ccc(-c3nc(N)nc(N)n3)cc2)c1. The normalized spacial score (nSPS) is 10.4. The molecule has 0 fully saturated rings. The Morgan fingerprint density at radius 3 is 2.25 bits per heavy atom. The van der Waals surface area contributed by atoms with E-state index >= 15 is 0 Å². The molecular formula is C17H17N5O2. The van der Waals surface area contributed by atoms with Crippen LogP contribution in [0.15, 0.2) is 48.5 Å². The summed E-state index contributed by atoms with van der Waals surface area (Å²) in [6.45, 7) is 0.447. The number of hydrogen-bond donors (Lipinski definition) is 2. The number of hydrogen-bond acceptors (Lipinski definition) is 7. The molecule has 0 aliphatic heterocycles. The molecule has 0 bridgehead atoms. The van der Waals surface area contributed by atoms with Gasteiger partial charge in [-0.2, -0.15) is 15.0 Å². The van der Waals surface area contributed by atoms with E-state index in [0.717, 1.165) is 22.6 Å². The molecule has 0 unspecified atom stereocenters. The van der Waals surface area contributed by atoms with Crippen molar-refractivity contribution in [1.82, 2.24) is 15.0 Å². The van der Waals surface area contributed by atoms with Crippen LogP contribution in [0.5, 0.6) is 11.5 Å². The monoisotopic (exact) mass is 323 g/mol. The first-order chi connectivity index (χ1) is 11.6. The summed E-state index contributed by atoms with van der Waals surface area (Å²) in [5.74, 6) is 2.15. The molecule has 24 heavy (non-hydrogen) atoms. The maximum atomic E-state index is 5.77. The number of benzene rings is 2. The van der Waals surface area contributed by atoms with Gasteiger partial charge in [-0.25, -0.2) is 0 Å². The fraction of sp³-hybridized carbons (Fsp3) is 0.118. The zero-order valence-electron chi connectivity index (χ0n) is 13.1. The largest absolute Gasteiger partial charge is 0.497 e. The van der Waals surface area contributed by atoms with Crippen LogP contribution >= 0.6 is 0 Å². The highest BCUT2D eigenvalue weighted by molar-refractivity contribution is 5.58. The first-order valence-corrected chi connectivity index (χ1v) is 7.27. The van der Waals surface area contributed by atoms with Gasteiger partial charge < -0.3 is 20.9 Å². The summed E-state index contributed by atoms with van der Waals surface area (Å²) >= 11 is 0. The van der Waals surface area contributed by atoms with Gasteiger partial charge in [-0.05, 0) is 42.0 Å². The lowest BCUT2D eigenvalue weighted by atomic mass is 10.2. The van der Waals surface area contributed by atoms with E-state index in [4.69, 9.17) is 20.9 Å². The van der Waals surface area contributed by atoms with Gasteiger partial charge in [0.2, 0.25) is 11.9 Å². The predicted molar refractivity (Wildman–Crippen MR) is 91.4 cm³/mol. The molecule has 2 aromatic carbocycles. The molecule has 0 aliphatic carbocycles. The number of aromatic nitrogens is 3. The van der Waals surface area contributed by atoms with Crippen molar-refractivity contribution in [2.75, 3.05) is 18.6 Å². The molecule has 0 aliphatic rings. The van der Waals surface area contributed by atoms with E-state index in [9.17, 15) is 0 Å². The minimum absolute atomic E-state index is 0.0934. The van der Waals surface area contributed by atoms with Crippen LogP contribution < -0.4 is 20.9 Å². The van der Waals surface area contributed by atoms with Crippen molar-refractivity contribution < 1.29 is 9.47 Å². The fourth-order valence-corrected chi connectivity index (χ4v) is 2.17. The van der Waals surface area contributed by atoms with E-state index in [0.29, 0.717) is 12.4 Å². The second kappa shape index (κ2) is 6.82. The summed E-state index contributed by atoms with van der Waals surface area (Å²) in [4.78, 5) is 11.9. The first kappa shape index (κ1) is 15.5. The molecule has 1 aromatic heterocycles. The number of methoxy groups -OCH3 is 1. The predicted octanol–water partition coefficient (Wildman–Crippen LogP) is 2.29. The van der Waals surface area contributed by atoms with Crippen molar-refractivity contribution in [2.24, 2.45) is 0 Å². The number of ether oxygens (including phenoxy) is 2. The van der Waals surface area contributed by atoms with Crippen molar-refractivity contribution in [3.63, 3.8) is 0 Å². The molecule has 1 heterocycles. The van der Waals surface area contributed by atoms with Crippen LogP contribution in [0.2, 0.25) is 0 Å². The molecule has 122 valence electrons. The van der Waals surface area contributed by atoms with Crippen LogP contribution in [0, 0.1) is 0 Å². The summed E-state index contributed by atoms with van der Waals surface area (Å²) in [6.07, 6.45) is 0. The lowest BCUT2D eigenvalue weighted by molar-refractivity contribution is 0.305. The summed E-state index contributed by atoms with van der Waals surface area (Å²) < 4.78 is 11.0. The fourth-order valence-electron chi connectivity index (χ4n) is 2.17. The zero-order valence-corrected chi connectivity index (χ0v) is 13.1. The molecule has 0 saturated carbocycles. The molecule has 3 rings (SSSR count). The number of rotatable bonds is 5. The van der Waals surface area contributed by atoms with E-state index in [-0.39, 0.29) is 11.9 Å². The minimum atomic E-state index is 0.0934. The molecule has 0 radical (unpaired) electrons. The highest BCUT2D eigenvalue weighted by Crippen LogP contribution is 2.21. The first-order valence-electron chi connectivity index (χ1n) is 7.27. The Kier molecular flexibility index (Phi) is 4.42. The van der Waals surface area contributed by atoms with E-state index < -0.39 is 0 Å². The third-order valence-electron chi connectivity index (χ3n) is 3.32. The number of nitrogens with zero attached hydrogens (tertiary/aromatic N) is 3. The molecule has 7 heteroatoms. The van der Waals surface area contributed by atoms with Gasteiger partial charge in [0.1, 0.15) is 18.1 Å². The molecule has 0 atom stereocenters. The van der Waals surface area contributed by atoms with Crippen LogP contribution in [-0.4, -0.2) is 22.1 Å². The number of nitrogen functional groups attached to an aromatic ring is 2. The van der Waals surface area contributed by atoms with Crippen molar-refractivity contribution in [3.8, 4) is 22.9 Å². The molecule has 0 spiro atoms. The van der Waals surface area contributed by atoms with Gasteiger partial charge in [-0.3, -0.25) is 0 Å². The highest BCUT2D eigenvalue weighted by atomic mass is 16.5. The molecule has 3 aromatic rings. The lowest BCUT2D eigenvalue weighted by Gasteiger charge is -2.08. The van der Waals surface area contributed by atoms with E-state index in [1.54, 1.807) is 7.11 Å². The maximum Gasteiger partial charge on any atom is 0.225 e. The van der Waals surface area contributed by atoms with Gasteiger partial charge in [0.25, 0.3) is 0 Å². The van der Waals surface area contributed by atoms with Gasteiger partial charge in [-0.1, -0.05) is 12.1 Å². The van der Waals surface area contributed by atoms with Gasteiger partial charge in [0.15, 0.2) is 5.82 Å². The third-order valence-corrected chi connectivity index (χ3v) is 3.32. The average molecular weight is 323 g/mol. The van der Waals surface area contributed by atoms with Crippen molar-refractivity contribution in [1.29, 1.82) is 0 Å². The van der Waals surface area contributed by atoms with Crippen LogP contribution in [0.4, 0.5) is 11.9 Å². The maximum absolute atomic E-state index is 5.77. The van der Waals surface area contributed by atoms with Gasteiger partial charge in [0.05, 0.1) is 7.11 Å². The number of anilines is 2. The Balaban J connectivity index is 1.70. The summed E-state index contributed by atoms with van der Waals surface area (Å²) in [5, 5.41) is 0. The van der Waals surface area contributed by atoms with Crippen molar-refractivity contribution >= 4 is 11.9 Å². The number of nitrogens with two attached hydrogens (primary N) is 2. The average Bonchev–Trinajstić information content (AvgIpc) is 2.60. The minimum Gasteiger partial charge on any atom is -0.497 e. The summed E-state index contributed by atoms with van der Waals surface area (Å²) in [7, 11) is 1.64. The topological polar surface area (TPSA) is 109 Å². The van der Waals surface area contributed by atoms with Crippen LogP contribution in [0.25, 0.3) is 11.4 Å². The van der Waals surface area contributed by atoms with Crippen LogP contribution in [0.1, 0.15) is 5.56 Å². The standard InChI is InChI=1S/C17H17N5O2/c1-23-14-4-2-3-11(9-14)10-24-13-7-5-12(6-8-13)15-20-16(18)22-17(19)21-15/h2-9H,10H2,1H3,(H4,18,19,20,21,22). The Morgan fingerprint density at radius 1 is 0.875 bits per heavy atom. The Morgan fingerprint density at radius 2 is 1.58 bits per heavy atom. The Hall–Kier alpha value is -3.35. The molecule has 0 saturated heterocycles. The van der Waals surface area contributed by atoms with Crippen molar-refractivity contribution in [3.05, 3.63) is 54.1 Å². The van der Waals surface area contributed by atoms with E-state index in [1.807, 2.05) is 48.5 Å². The second-order valence-electron chi connectivity index (χ2n) is 5.04. The molecular weight excluding hydrogens is 306 g/mol. The van der Waals surface area contributed by atoms with Crippen LogP contribution in [0.3, 0.4) is 0 Å². The summed E-state index contributed by atoms with van der Waals surface area (Å²) in [5.41, 5.74) is 13.0. The van der Waals surface area contributed by atoms with Gasteiger partial charge in [-0.15, -0.1) is 0 Å². The molecule has 0 amide bonds. The second-order valence-corrected chi connectivity index (χ2v) is 5.04. The molecule has 7 nitrogen and oxygen atoms in total. The van der Waals surface area contributed by atoms with E-state index in [2.05, 4.69) is 15.0 Å². The zero-order chi connectivity index (χ0) is 16.9. The highest BCUT2D eigenvalue weighted by Gasteiger charge is 2.05. The van der Waals surface area contributed by atoms with Gasteiger partial charge in [0, 0.05) is 5.56 Å². The lowest BCUT2D eigenvalue weighted by Crippen LogP contribution is -2.04. The smallest absolute Gasteiger partial charge is 0.225 e. The molecule has 4 N–H and O–H groups in total. The Bertz CT molecular complexity index is 816. The third kappa shape index (κ3) is 3.70. The quantitative estimate of drug-likeness (QED) is 0.741. The van der Waals surface area contributed by atoms with Gasteiger partial charge >= 0.3 is 0 Å². The van der Waals surface area contributed by atoms with Crippen molar-refractivity contribution in [2.45, 2.75) is 6.61 Å². The Labute approximate surface area is 139 Å². The van der Waals surface area contributed by atoms with E-state index in [1.165, 1.54) is 0 Å². The summed E-state index contributed by atoms with van der Waals surface area (Å²) in [6, 6.07) is 15.1. The van der Waals surface area contributed by atoms with Crippen LogP contribution in [-0.2, 0) is 6.61 Å².